The first-order chi connectivity index (χ1) is 21.9. The molecule has 0 spiro atoms. The highest BCUT2D eigenvalue weighted by molar-refractivity contribution is 6.04. The monoisotopic (exact) mass is 582 g/mol. The van der Waals surface area contributed by atoms with Crippen LogP contribution >= 0.6 is 0 Å². The fourth-order valence-corrected chi connectivity index (χ4v) is 7.31. The molecule has 2 aliphatic rings. The van der Waals surface area contributed by atoms with Gasteiger partial charge in [-0.3, -0.25) is 0 Å². The number of aryl methyl sites for hydroxylation is 1. The molecule has 45 heavy (non-hydrogen) atoms. The average molecular weight is 583 g/mol. The average Bonchev–Trinajstić information content (AvgIpc) is 3.30. The second-order valence-corrected chi connectivity index (χ2v) is 12.3. The van der Waals surface area contributed by atoms with Crippen LogP contribution in [0.3, 0.4) is 0 Å². The zero-order valence-electron chi connectivity index (χ0n) is 26.5. The summed E-state index contributed by atoms with van der Waals surface area (Å²) in [5.41, 5.74) is 17.0. The Morgan fingerprint density at radius 1 is 0.711 bits per heavy atom. The number of anilines is 4. The normalized spacial score (nSPS) is 15.2. The lowest BCUT2D eigenvalue weighted by molar-refractivity contribution is 0.660. The van der Waals surface area contributed by atoms with E-state index in [1.54, 1.807) is 0 Å². The Morgan fingerprint density at radius 2 is 1.38 bits per heavy atom. The van der Waals surface area contributed by atoms with E-state index in [-0.39, 0.29) is 5.41 Å². The molecule has 0 amide bonds. The standard InChI is InChI=1S/C43H38N2/c1-7-15-30(8-2)44(33-26-27-35-34-17-10-12-20-38(34)43(5,6)39(35)28-33)31-22-24-32(25-23-31)45-40(9-3)42-29(4)16-14-19-37(42)36-18-11-13-21-41(36)45/h7-28H,1-2H2,3-6H3/b30-15+,40-9+. The van der Waals surface area contributed by atoms with Crippen LogP contribution in [0.15, 0.2) is 152 Å². The first-order valence-corrected chi connectivity index (χ1v) is 15.6. The Kier molecular flexibility index (Phi) is 6.94. The Hall–Kier alpha value is -5.34. The van der Waals surface area contributed by atoms with Gasteiger partial charge in [-0.25, -0.2) is 0 Å². The fraction of sp³-hybridized carbons (Fsp3) is 0.116. The third kappa shape index (κ3) is 4.40. The Balaban J connectivity index is 1.34. The van der Waals surface area contributed by atoms with Crippen LogP contribution in [0, 0.1) is 6.92 Å². The molecular formula is C43H38N2. The van der Waals surface area contributed by atoms with Gasteiger partial charge >= 0.3 is 0 Å². The predicted octanol–water partition coefficient (Wildman–Crippen LogP) is 11.9. The smallest absolute Gasteiger partial charge is 0.0540 e. The van der Waals surface area contributed by atoms with Gasteiger partial charge < -0.3 is 9.80 Å². The summed E-state index contributed by atoms with van der Waals surface area (Å²) >= 11 is 0. The number of hydrogen-bond donors (Lipinski definition) is 0. The molecule has 1 aliphatic heterocycles. The van der Waals surface area contributed by atoms with Crippen LogP contribution in [0.5, 0.6) is 0 Å². The molecule has 0 N–H and O–H groups in total. The lowest BCUT2D eigenvalue weighted by Gasteiger charge is -2.36. The number of fused-ring (bicyclic) bond motifs is 6. The quantitative estimate of drug-likeness (QED) is 0.184. The molecule has 0 radical (unpaired) electrons. The molecular weight excluding hydrogens is 544 g/mol. The molecule has 0 atom stereocenters. The summed E-state index contributed by atoms with van der Waals surface area (Å²) < 4.78 is 0. The van der Waals surface area contributed by atoms with E-state index >= 15 is 0 Å². The van der Waals surface area contributed by atoms with Gasteiger partial charge in [0.15, 0.2) is 0 Å². The molecule has 0 unspecified atom stereocenters. The summed E-state index contributed by atoms with van der Waals surface area (Å²) in [6, 6.07) is 39.8. The Labute approximate surface area is 267 Å². The van der Waals surface area contributed by atoms with Crippen LogP contribution in [0.2, 0.25) is 0 Å². The summed E-state index contributed by atoms with van der Waals surface area (Å²) in [7, 11) is 0. The van der Waals surface area contributed by atoms with Crippen LogP contribution in [0.4, 0.5) is 22.7 Å². The van der Waals surface area contributed by atoms with E-state index in [1.165, 1.54) is 55.9 Å². The third-order valence-electron chi connectivity index (χ3n) is 9.43. The number of rotatable bonds is 6. The lowest BCUT2D eigenvalue weighted by atomic mass is 9.82. The number of benzene rings is 5. The van der Waals surface area contributed by atoms with Crippen LogP contribution in [-0.4, -0.2) is 0 Å². The number of hydrogen-bond acceptors (Lipinski definition) is 2. The van der Waals surface area contributed by atoms with Gasteiger partial charge in [-0.05, 0) is 102 Å². The minimum absolute atomic E-state index is 0.0904. The molecule has 0 saturated heterocycles. The number of para-hydroxylation sites is 1. The van der Waals surface area contributed by atoms with Crippen LogP contribution in [0.25, 0.3) is 28.0 Å². The molecule has 5 aromatic carbocycles. The van der Waals surface area contributed by atoms with E-state index in [0.29, 0.717) is 0 Å². The van der Waals surface area contributed by atoms with Crippen molar-refractivity contribution in [1.82, 2.24) is 0 Å². The topological polar surface area (TPSA) is 6.48 Å². The molecule has 0 saturated carbocycles. The molecule has 1 aliphatic carbocycles. The maximum atomic E-state index is 4.18. The summed E-state index contributed by atoms with van der Waals surface area (Å²) in [4.78, 5) is 4.67. The third-order valence-corrected chi connectivity index (χ3v) is 9.43. The highest BCUT2D eigenvalue weighted by atomic mass is 15.2. The molecule has 0 aromatic heterocycles. The van der Waals surface area contributed by atoms with Gasteiger partial charge in [0, 0.05) is 39.3 Å². The van der Waals surface area contributed by atoms with Crippen molar-refractivity contribution in [3.8, 4) is 22.3 Å². The minimum Gasteiger partial charge on any atom is -0.311 e. The first kappa shape index (κ1) is 28.4. The van der Waals surface area contributed by atoms with Crippen molar-refractivity contribution in [3.63, 3.8) is 0 Å². The molecule has 2 nitrogen and oxygen atoms in total. The van der Waals surface area contributed by atoms with Crippen molar-refractivity contribution in [2.75, 3.05) is 9.80 Å². The van der Waals surface area contributed by atoms with Crippen molar-refractivity contribution in [2.24, 2.45) is 0 Å². The van der Waals surface area contributed by atoms with Crippen LogP contribution in [-0.2, 0) is 5.41 Å². The van der Waals surface area contributed by atoms with Gasteiger partial charge in [-0.15, -0.1) is 0 Å². The number of allylic oxidation sites excluding steroid dienone is 4. The Morgan fingerprint density at radius 3 is 2.11 bits per heavy atom. The van der Waals surface area contributed by atoms with Crippen molar-refractivity contribution >= 4 is 28.4 Å². The van der Waals surface area contributed by atoms with E-state index < -0.39 is 0 Å². The second kappa shape index (κ2) is 11.0. The van der Waals surface area contributed by atoms with Gasteiger partial charge in [0.1, 0.15) is 0 Å². The maximum absolute atomic E-state index is 4.18. The highest BCUT2D eigenvalue weighted by Crippen LogP contribution is 2.51. The Bertz CT molecular complexity index is 2040. The zero-order valence-corrected chi connectivity index (χ0v) is 26.5. The SMILES string of the molecule is C=C/C=C(\C=C)N(c1ccc(N2/C(=C/C)c3c(C)cccc3-c3ccccc32)cc1)c1ccc2c(c1)C(C)(C)c1ccccc1-2. The van der Waals surface area contributed by atoms with Gasteiger partial charge in [-0.2, -0.15) is 0 Å². The molecule has 7 rings (SSSR count). The van der Waals surface area contributed by atoms with Crippen LogP contribution < -0.4 is 9.80 Å². The molecule has 0 fully saturated rings. The predicted molar refractivity (Wildman–Crippen MR) is 193 cm³/mol. The minimum atomic E-state index is -0.0904. The molecule has 1 heterocycles. The first-order valence-electron chi connectivity index (χ1n) is 15.6. The summed E-state index contributed by atoms with van der Waals surface area (Å²) in [5.74, 6) is 0. The second-order valence-electron chi connectivity index (χ2n) is 12.3. The van der Waals surface area contributed by atoms with Gasteiger partial charge in [0.25, 0.3) is 0 Å². The van der Waals surface area contributed by atoms with Gasteiger partial charge in [0.2, 0.25) is 0 Å². The molecule has 0 bridgehead atoms. The van der Waals surface area contributed by atoms with Crippen molar-refractivity contribution in [1.29, 1.82) is 0 Å². The van der Waals surface area contributed by atoms with Crippen molar-refractivity contribution < 1.29 is 0 Å². The van der Waals surface area contributed by atoms with E-state index in [9.17, 15) is 0 Å². The largest absolute Gasteiger partial charge is 0.311 e. The fourth-order valence-electron chi connectivity index (χ4n) is 7.31. The molecule has 5 aromatic rings. The lowest BCUT2D eigenvalue weighted by Crippen LogP contribution is -2.21. The van der Waals surface area contributed by atoms with Crippen molar-refractivity contribution in [3.05, 3.63) is 175 Å². The van der Waals surface area contributed by atoms with E-state index in [2.05, 4.69) is 166 Å². The van der Waals surface area contributed by atoms with E-state index in [4.69, 9.17) is 0 Å². The number of nitrogens with zero attached hydrogens (tertiary/aromatic N) is 2. The van der Waals surface area contributed by atoms with Crippen LogP contribution in [0.1, 0.15) is 43.0 Å². The van der Waals surface area contributed by atoms with Gasteiger partial charge in [0.05, 0.1) is 11.4 Å². The van der Waals surface area contributed by atoms with E-state index in [1.807, 2.05) is 18.2 Å². The van der Waals surface area contributed by atoms with Gasteiger partial charge in [-0.1, -0.05) is 106 Å². The summed E-state index contributed by atoms with van der Waals surface area (Å²) in [6.07, 6.45) is 7.98. The highest BCUT2D eigenvalue weighted by Gasteiger charge is 2.36. The molecule has 220 valence electrons. The van der Waals surface area contributed by atoms with E-state index in [0.717, 1.165) is 22.8 Å². The summed E-state index contributed by atoms with van der Waals surface area (Å²) in [6.45, 7) is 17.2. The zero-order chi connectivity index (χ0) is 31.3. The van der Waals surface area contributed by atoms with Crippen molar-refractivity contribution in [2.45, 2.75) is 33.1 Å². The maximum Gasteiger partial charge on any atom is 0.0540 e. The molecule has 2 heteroatoms. The summed E-state index contributed by atoms with van der Waals surface area (Å²) in [5, 5.41) is 0.